The molecule has 0 amide bonds. The Labute approximate surface area is 98.8 Å². The lowest BCUT2D eigenvalue weighted by atomic mass is 10.1. The van der Waals surface area contributed by atoms with Crippen LogP contribution in [0.25, 0.3) is 0 Å². The highest BCUT2D eigenvalue weighted by Crippen LogP contribution is 2.13. The van der Waals surface area contributed by atoms with Crippen LogP contribution in [0.4, 0.5) is 0 Å². The molecule has 2 heterocycles. The first kappa shape index (κ1) is 11.0. The summed E-state index contributed by atoms with van der Waals surface area (Å²) >= 11 is 3.34. The number of nitrogens with two attached hydrogens (primary N) is 1. The maximum atomic E-state index is 5.94. The average Bonchev–Trinajstić information content (AvgIpc) is 2.22. The number of rotatable bonds is 2. The number of pyridine rings is 1. The zero-order chi connectivity index (χ0) is 10.7. The predicted octanol–water partition coefficient (Wildman–Crippen LogP) is 1.77. The molecule has 3 nitrogen and oxygen atoms in total. The van der Waals surface area contributed by atoms with Crippen LogP contribution >= 0.6 is 15.9 Å². The average molecular weight is 270 g/mol. The van der Waals surface area contributed by atoms with Gasteiger partial charge in [0, 0.05) is 25.3 Å². The molecule has 0 aliphatic carbocycles. The van der Waals surface area contributed by atoms with Crippen molar-refractivity contribution in [3.63, 3.8) is 0 Å². The third-order valence-corrected chi connectivity index (χ3v) is 3.21. The summed E-state index contributed by atoms with van der Waals surface area (Å²) in [7, 11) is 0. The summed E-state index contributed by atoms with van der Waals surface area (Å²) in [5.74, 6) is 0. The second-order valence-corrected chi connectivity index (χ2v) is 4.94. The lowest BCUT2D eigenvalue weighted by Gasteiger charge is -2.30. The van der Waals surface area contributed by atoms with Crippen LogP contribution in [0.3, 0.4) is 0 Å². The van der Waals surface area contributed by atoms with E-state index in [-0.39, 0.29) is 0 Å². The molecular weight excluding hydrogens is 254 g/mol. The van der Waals surface area contributed by atoms with Gasteiger partial charge in [-0.15, -0.1) is 0 Å². The fourth-order valence-electron chi connectivity index (χ4n) is 1.99. The summed E-state index contributed by atoms with van der Waals surface area (Å²) in [5.41, 5.74) is 7.19. The first-order valence-electron chi connectivity index (χ1n) is 5.32. The van der Waals surface area contributed by atoms with E-state index in [9.17, 15) is 0 Å². The molecule has 0 radical (unpaired) electrons. The van der Waals surface area contributed by atoms with Crippen LogP contribution in [0.2, 0.25) is 0 Å². The Bertz CT molecular complexity index is 312. The highest BCUT2D eigenvalue weighted by Gasteiger charge is 2.16. The van der Waals surface area contributed by atoms with Crippen LogP contribution < -0.4 is 5.73 Å². The topological polar surface area (TPSA) is 42.1 Å². The number of hydrogen-bond donors (Lipinski definition) is 1. The molecule has 1 aliphatic heterocycles. The quantitative estimate of drug-likeness (QED) is 0.833. The standard InChI is InChI=1S/C11H16BrN3/c12-11-4-3-9(6-14-11)7-15-5-1-2-10(13)8-15/h3-4,6,10H,1-2,5,7-8,13H2. The number of likely N-dealkylation sites (tertiary alicyclic amines) is 1. The van der Waals surface area contributed by atoms with E-state index in [4.69, 9.17) is 5.73 Å². The van der Waals surface area contributed by atoms with Gasteiger partial charge >= 0.3 is 0 Å². The van der Waals surface area contributed by atoms with Gasteiger partial charge < -0.3 is 5.73 Å². The van der Waals surface area contributed by atoms with Crippen LogP contribution in [0.1, 0.15) is 18.4 Å². The highest BCUT2D eigenvalue weighted by molar-refractivity contribution is 9.10. The molecule has 2 rings (SSSR count). The van der Waals surface area contributed by atoms with E-state index in [1.165, 1.54) is 12.0 Å². The Morgan fingerprint density at radius 3 is 3.07 bits per heavy atom. The number of aromatic nitrogens is 1. The molecule has 1 fully saturated rings. The summed E-state index contributed by atoms with van der Waals surface area (Å²) in [4.78, 5) is 6.62. The van der Waals surface area contributed by atoms with Crippen molar-refractivity contribution < 1.29 is 0 Å². The predicted molar refractivity (Wildman–Crippen MR) is 64.4 cm³/mol. The summed E-state index contributed by atoms with van der Waals surface area (Å²) < 4.78 is 0.890. The molecule has 1 aliphatic rings. The van der Waals surface area contributed by atoms with E-state index in [1.807, 2.05) is 12.3 Å². The van der Waals surface area contributed by atoms with Gasteiger partial charge in [0.05, 0.1) is 0 Å². The van der Waals surface area contributed by atoms with Crippen molar-refractivity contribution >= 4 is 15.9 Å². The van der Waals surface area contributed by atoms with E-state index >= 15 is 0 Å². The van der Waals surface area contributed by atoms with E-state index < -0.39 is 0 Å². The maximum Gasteiger partial charge on any atom is 0.106 e. The fourth-order valence-corrected chi connectivity index (χ4v) is 2.23. The maximum absolute atomic E-state index is 5.94. The Morgan fingerprint density at radius 1 is 1.53 bits per heavy atom. The van der Waals surface area contributed by atoms with Crippen molar-refractivity contribution in [2.24, 2.45) is 5.73 Å². The number of hydrogen-bond acceptors (Lipinski definition) is 3. The van der Waals surface area contributed by atoms with Crippen LogP contribution in [0, 0.1) is 0 Å². The summed E-state index contributed by atoms with van der Waals surface area (Å²) in [5, 5.41) is 0. The van der Waals surface area contributed by atoms with E-state index in [0.717, 1.165) is 30.7 Å². The van der Waals surface area contributed by atoms with Gasteiger partial charge in [0.1, 0.15) is 4.60 Å². The molecule has 15 heavy (non-hydrogen) atoms. The molecule has 1 unspecified atom stereocenters. The summed E-state index contributed by atoms with van der Waals surface area (Å²) in [6.07, 6.45) is 4.30. The van der Waals surface area contributed by atoms with Crippen LogP contribution in [-0.4, -0.2) is 29.0 Å². The summed E-state index contributed by atoms with van der Waals surface area (Å²) in [6, 6.07) is 4.44. The molecule has 1 aromatic heterocycles. The molecule has 0 saturated carbocycles. The first-order valence-corrected chi connectivity index (χ1v) is 6.12. The normalized spacial score (nSPS) is 22.9. The minimum absolute atomic E-state index is 0.349. The Hall–Kier alpha value is -0.450. The van der Waals surface area contributed by atoms with E-state index in [1.54, 1.807) is 0 Å². The van der Waals surface area contributed by atoms with Crippen molar-refractivity contribution in [1.29, 1.82) is 0 Å². The molecule has 0 bridgehead atoms. The van der Waals surface area contributed by atoms with Gasteiger partial charge in [0.25, 0.3) is 0 Å². The second-order valence-electron chi connectivity index (χ2n) is 4.13. The zero-order valence-corrected chi connectivity index (χ0v) is 10.3. The SMILES string of the molecule is NC1CCCN(Cc2ccc(Br)nc2)C1. The van der Waals surface area contributed by atoms with E-state index in [2.05, 4.69) is 31.9 Å². The molecule has 0 aromatic carbocycles. The van der Waals surface area contributed by atoms with Gasteiger partial charge in [-0.25, -0.2) is 4.98 Å². The lowest BCUT2D eigenvalue weighted by Crippen LogP contribution is -2.42. The molecule has 1 atom stereocenters. The Balaban J connectivity index is 1.93. The molecule has 1 saturated heterocycles. The number of piperidine rings is 1. The van der Waals surface area contributed by atoms with Gasteiger partial charge in [0.15, 0.2) is 0 Å². The fraction of sp³-hybridized carbons (Fsp3) is 0.545. The van der Waals surface area contributed by atoms with Gasteiger partial charge in [-0.1, -0.05) is 6.07 Å². The monoisotopic (exact) mass is 269 g/mol. The smallest absolute Gasteiger partial charge is 0.106 e. The molecule has 1 aromatic rings. The van der Waals surface area contributed by atoms with Gasteiger partial charge in [-0.05, 0) is 46.9 Å². The van der Waals surface area contributed by atoms with Gasteiger partial charge in [-0.2, -0.15) is 0 Å². The Kier molecular flexibility index (Phi) is 3.72. The number of halogens is 1. The van der Waals surface area contributed by atoms with Crippen molar-refractivity contribution in [2.75, 3.05) is 13.1 Å². The zero-order valence-electron chi connectivity index (χ0n) is 8.69. The third-order valence-electron chi connectivity index (χ3n) is 2.74. The summed E-state index contributed by atoms with van der Waals surface area (Å²) in [6.45, 7) is 3.13. The largest absolute Gasteiger partial charge is 0.327 e. The van der Waals surface area contributed by atoms with Crippen molar-refractivity contribution in [3.05, 3.63) is 28.5 Å². The van der Waals surface area contributed by atoms with Gasteiger partial charge in [0.2, 0.25) is 0 Å². The molecule has 4 heteroatoms. The number of nitrogens with zero attached hydrogens (tertiary/aromatic N) is 2. The third kappa shape index (κ3) is 3.26. The lowest BCUT2D eigenvalue weighted by molar-refractivity contribution is 0.201. The van der Waals surface area contributed by atoms with Crippen molar-refractivity contribution in [1.82, 2.24) is 9.88 Å². The van der Waals surface area contributed by atoms with Crippen LogP contribution in [0.5, 0.6) is 0 Å². The minimum atomic E-state index is 0.349. The highest BCUT2D eigenvalue weighted by atomic mass is 79.9. The second kappa shape index (κ2) is 5.05. The molecule has 0 spiro atoms. The first-order chi connectivity index (χ1) is 7.24. The van der Waals surface area contributed by atoms with Crippen molar-refractivity contribution in [3.8, 4) is 0 Å². The molecule has 2 N–H and O–H groups in total. The molecular formula is C11H16BrN3. The Morgan fingerprint density at radius 2 is 2.40 bits per heavy atom. The minimum Gasteiger partial charge on any atom is -0.327 e. The van der Waals surface area contributed by atoms with Crippen LogP contribution in [0.15, 0.2) is 22.9 Å². The van der Waals surface area contributed by atoms with E-state index in [0.29, 0.717) is 6.04 Å². The van der Waals surface area contributed by atoms with Crippen molar-refractivity contribution in [2.45, 2.75) is 25.4 Å². The van der Waals surface area contributed by atoms with Crippen LogP contribution in [-0.2, 0) is 6.54 Å². The molecule has 82 valence electrons. The van der Waals surface area contributed by atoms with Gasteiger partial charge in [-0.3, -0.25) is 4.90 Å².